The van der Waals surface area contributed by atoms with Gasteiger partial charge in [-0.3, -0.25) is 0 Å². The minimum absolute atomic E-state index is 0. The number of benzene rings is 1. The van der Waals surface area contributed by atoms with Crippen molar-refractivity contribution >= 4 is 17.8 Å². The van der Waals surface area contributed by atoms with Gasteiger partial charge in [-0.25, -0.2) is 0 Å². The minimum atomic E-state index is 0. The quantitative estimate of drug-likeness (QED) is 0.758. The van der Waals surface area contributed by atoms with Gasteiger partial charge in [0.15, 0.2) is 0 Å². The van der Waals surface area contributed by atoms with E-state index in [0.717, 1.165) is 0 Å². The lowest BCUT2D eigenvalue weighted by molar-refractivity contribution is 1.46. The first-order valence-electron chi connectivity index (χ1n) is 3.59. The molecule has 0 amide bonds. The second-order valence-corrected chi connectivity index (χ2v) is 3.19. The predicted octanol–water partition coefficient (Wildman–Crippen LogP) is 3.49. The molecule has 2 heteroatoms. The Morgan fingerprint density at radius 2 is 1.75 bits per heavy atom. The van der Waals surface area contributed by atoms with Crippen LogP contribution in [0.25, 0.3) is 6.08 Å². The van der Waals surface area contributed by atoms with E-state index in [9.17, 15) is 0 Å². The van der Waals surface area contributed by atoms with Crippen LogP contribution in [0.2, 0.25) is 0 Å². The summed E-state index contributed by atoms with van der Waals surface area (Å²) in [4.78, 5) is 0. The van der Waals surface area contributed by atoms with E-state index in [4.69, 9.17) is 0 Å². The van der Waals surface area contributed by atoms with Crippen LogP contribution < -0.4 is 6.15 Å². The summed E-state index contributed by atoms with van der Waals surface area (Å²) in [5.74, 6) is 0. The Labute approximate surface area is 78.5 Å². The topological polar surface area (TPSA) is 35.0 Å². The molecular weight excluding hydrogens is 166 g/mol. The van der Waals surface area contributed by atoms with Crippen molar-refractivity contribution in [2.24, 2.45) is 0 Å². The van der Waals surface area contributed by atoms with E-state index in [-0.39, 0.29) is 6.15 Å². The molecule has 12 heavy (non-hydrogen) atoms. The highest BCUT2D eigenvalue weighted by Crippen LogP contribution is 2.07. The Morgan fingerprint density at radius 1 is 1.17 bits per heavy atom. The molecule has 0 heterocycles. The van der Waals surface area contributed by atoms with Gasteiger partial charge in [-0.1, -0.05) is 29.8 Å². The number of hydrogen-bond donors (Lipinski definition) is 1. The molecule has 1 rings (SSSR count). The summed E-state index contributed by atoms with van der Waals surface area (Å²) in [6.07, 6.45) is 4.18. The van der Waals surface area contributed by atoms with Gasteiger partial charge in [-0.2, -0.15) is 0 Å². The van der Waals surface area contributed by atoms with Gasteiger partial charge in [0.05, 0.1) is 0 Å². The lowest BCUT2D eigenvalue weighted by Crippen LogP contribution is -1.72. The van der Waals surface area contributed by atoms with Crippen LogP contribution in [-0.2, 0) is 0 Å². The molecular formula is C10H15NS. The Hall–Kier alpha value is -0.730. The van der Waals surface area contributed by atoms with Crippen LogP contribution in [0.3, 0.4) is 0 Å². The maximum Gasteiger partial charge on any atom is -0.0142 e. The first-order valence-corrected chi connectivity index (χ1v) is 4.88. The third-order valence-electron chi connectivity index (χ3n) is 1.47. The van der Waals surface area contributed by atoms with Crippen molar-refractivity contribution in [1.29, 1.82) is 0 Å². The summed E-state index contributed by atoms with van der Waals surface area (Å²) in [5, 5.41) is 2.09. The lowest BCUT2D eigenvalue weighted by Gasteiger charge is -1.93. The van der Waals surface area contributed by atoms with Gasteiger partial charge in [0.1, 0.15) is 0 Å². The van der Waals surface area contributed by atoms with Crippen LogP contribution in [0.4, 0.5) is 0 Å². The summed E-state index contributed by atoms with van der Waals surface area (Å²) in [6, 6.07) is 8.50. The largest absolute Gasteiger partial charge is 0.344 e. The standard InChI is InChI=1S/C10H12S.H3N/c1-9-3-5-10(6-4-9)7-8-11-2;/h3-8H,1-2H3;1H3/b8-7+;. The minimum Gasteiger partial charge on any atom is -0.344 e. The molecule has 0 aliphatic rings. The third kappa shape index (κ3) is 3.60. The van der Waals surface area contributed by atoms with Crippen LogP contribution in [0.5, 0.6) is 0 Å². The summed E-state index contributed by atoms with van der Waals surface area (Å²) >= 11 is 1.72. The molecule has 0 spiro atoms. The fourth-order valence-electron chi connectivity index (χ4n) is 0.824. The van der Waals surface area contributed by atoms with Crippen LogP contribution in [0, 0.1) is 6.92 Å². The van der Waals surface area contributed by atoms with Gasteiger partial charge < -0.3 is 6.15 Å². The zero-order valence-electron chi connectivity index (χ0n) is 7.58. The molecule has 66 valence electrons. The average molecular weight is 181 g/mol. The van der Waals surface area contributed by atoms with Crippen molar-refractivity contribution < 1.29 is 0 Å². The number of hydrogen-bond acceptors (Lipinski definition) is 2. The van der Waals surface area contributed by atoms with Crippen molar-refractivity contribution in [2.75, 3.05) is 6.26 Å². The molecule has 1 aromatic rings. The molecule has 0 atom stereocenters. The molecule has 0 aliphatic heterocycles. The molecule has 0 unspecified atom stereocenters. The second-order valence-electron chi connectivity index (χ2n) is 2.45. The molecule has 1 nitrogen and oxygen atoms in total. The molecule has 1 aromatic carbocycles. The molecule has 0 fully saturated rings. The van der Waals surface area contributed by atoms with Gasteiger partial charge in [0.2, 0.25) is 0 Å². The van der Waals surface area contributed by atoms with Gasteiger partial charge >= 0.3 is 0 Å². The highest BCUT2D eigenvalue weighted by Gasteiger charge is 1.84. The summed E-state index contributed by atoms with van der Waals surface area (Å²) in [6.45, 7) is 2.10. The monoisotopic (exact) mass is 181 g/mol. The van der Waals surface area contributed by atoms with E-state index >= 15 is 0 Å². The maximum atomic E-state index is 2.13. The van der Waals surface area contributed by atoms with E-state index in [2.05, 4.69) is 48.9 Å². The maximum absolute atomic E-state index is 2.13. The Bertz CT molecular complexity index is 239. The first kappa shape index (κ1) is 11.3. The zero-order valence-corrected chi connectivity index (χ0v) is 8.40. The SMILES string of the molecule is CS/C=C/c1ccc(C)cc1.N. The predicted molar refractivity (Wildman–Crippen MR) is 58.8 cm³/mol. The van der Waals surface area contributed by atoms with Gasteiger partial charge in [0, 0.05) is 0 Å². The highest BCUT2D eigenvalue weighted by atomic mass is 32.2. The molecule has 0 aromatic heterocycles. The number of thioether (sulfide) groups is 1. The van der Waals surface area contributed by atoms with Crippen molar-refractivity contribution in [3.05, 3.63) is 40.8 Å². The van der Waals surface area contributed by atoms with Crippen LogP contribution in [0.1, 0.15) is 11.1 Å². The molecule has 0 saturated carbocycles. The number of aryl methyl sites for hydroxylation is 1. The van der Waals surface area contributed by atoms with Crippen molar-refractivity contribution in [3.63, 3.8) is 0 Å². The Morgan fingerprint density at radius 3 is 2.25 bits per heavy atom. The van der Waals surface area contributed by atoms with E-state index in [0.29, 0.717) is 0 Å². The normalized spacial score (nSPS) is 9.83. The zero-order chi connectivity index (χ0) is 8.10. The van der Waals surface area contributed by atoms with Crippen molar-refractivity contribution in [1.82, 2.24) is 6.15 Å². The third-order valence-corrected chi connectivity index (χ3v) is 1.88. The summed E-state index contributed by atoms with van der Waals surface area (Å²) < 4.78 is 0. The Balaban J connectivity index is 0.00000121. The molecule has 0 bridgehead atoms. The van der Waals surface area contributed by atoms with Crippen molar-refractivity contribution in [2.45, 2.75) is 6.92 Å². The average Bonchev–Trinajstić information content (AvgIpc) is 2.04. The van der Waals surface area contributed by atoms with Crippen LogP contribution >= 0.6 is 11.8 Å². The summed E-state index contributed by atoms with van der Waals surface area (Å²) in [7, 11) is 0. The molecule has 0 saturated heterocycles. The van der Waals surface area contributed by atoms with E-state index in [1.165, 1.54) is 11.1 Å². The molecule has 0 aliphatic carbocycles. The number of rotatable bonds is 2. The second kappa shape index (κ2) is 5.86. The highest BCUT2D eigenvalue weighted by molar-refractivity contribution is 8.01. The van der Waals surface area contributed by atoms with E-state index < -0.39 is 0 Å². The van der Waals surface area contributed by atoms with Gasteiger partial charge in [-0.15, -0.1) is 11.8 Å². The van der Waals surface area contributed by atoms with Gasteiger partial charge in [-0.05, 0) is 30.2 Å². The fourth-order valence-corrected chi connectivity index (χ4v) is 1.12. The van der Waals surface area contributed by atoms with Crippen LogP contribution in [-0.4, -0.2) is 6.26 Å². The van der Waals surface area contributed by atoms with Gasteiger partial charge in [0.25, 0.3) is 0 Å². The fraction of sp³-hybridized carbons (Fsp3) is 0.200. The molecule has 3 N–H and O–H groups in total. The summed E-state index contributed by atoms with van der Waals surface area (Å²) in [5.41, 5.74) is 2.58. The van der Waals surface area contributed by atoms with Crippen LogP contribution in [0.15, 0.2) is 29.7 Å². The molecule has 0 radical (unpaired) electrons. The lowest BCUT2D eigenvalue weighted by atomic mass is 10.2. The van der Waals surface area contributed by atoms with E-state index in [1.807, 2.05) is 0 Å². The van der Waals surface area contributed by atoms with Crippen molar-refractivity contribution in [3.8, 4) is 0 Å². The van der Waals surface area contributed by atoms with E-state index in [1.54, 1.807) is 11.8 Å². The first-order chi connectivity index (χ1) is 5.33. The smallest absolute Gasteiger partial charge is 0.0142 e. The Kier molecular flexibility index (Phi) is 5.51.